The predicted molar refractivity (Wildman–Crippen MR) is 96.8 cm³/mol. The molecule has 0 aliphatic heterocycles. The molecular formula is C19H21F2N3O3. The number of nitrogens with zero attached hydrogens (tertiary/aromatic N) is 1. The zero-order chi connectivity index (χ0) is 20.0. The van der Waals surface area contributed by atoms with Crippen LogP contribution in [-0.2, 0) is 11.3 Å². The second-order valence-electron chi connectivity index (χ2n) is 6.02. The van der Waals surface area contributed by atoms with Gasteiger partial charge in [-0.25, -0.2) is 4.98 Å². The number of nitrogens with one attached hydrogen (secondary N) is 2. The van der Waals surface area contributed by atoms with E-state index in [0.717, 1.165) is 0 Å². The van der Waals surface area contributed by atoms with Crippen molar-refractivity contribution in [1.29, 1.82) is 0 Å². The first-order chi connectivity index (χ1) is 12.7. The number of ether oxygens (including phenoxy) is 1. The number of alkyl halides is 2. The molecule has 0 aliphatic carbocycles. The minimum Gasteiger partial charge on any atom is -0.433 e. The minimum absolute atomic E-state index is 0.0126. The topological polar surface area (TPSA) is 80.3 Å². The molecule has 8 heteroatoms. The van der Waals surface area contributed by atoms with Gasteiger partial charge >= 0.3 is 6.11 Å². The summed E-state index contributed by atoms with van der Waals surface area (Å²) < 4.78 is 30.4. The summed E-state index contributed by atoms with van der Waals surface area (Å²) in [4.78, 5) is 28.1. The SMILES string of the molecule is CCC(=O)Nc1cc(C(=O)NCc2cccc(OC(C)(F)F)c2)cc(C)n1. The van der Waals surface area contributed by atoms with Gasteiger partial charge in [-0.3, -0.25) is 9.59 Å². The van der Waals surface area contributed by atoms with Crippen LogP contribution in [0, 0.1) is 6.92 Å². The number of amides is 2. The first-order valence-electron chi connectivity index (χ1n) is 8.39. The summed E-state index contributed by atoms with van der Waals surface area (Å²) in [7, 11) is 0. The number of halogens is 2. The van der Waals surface area contributed by atoms with E-state index in [1.807, 2.05) is 0 Å². The number of aryl methyl sites for hydroxylation is 1. The van der Waals surface area contributed by atoms with E-state index in [1.54, 1.807) is 32.0 Å². The van der Waals surface area contributed by atoms with Gasteiger partial charge in [0.15, 0.2) is 0 Å². The highest BCUT2D eigenvalue weighted by Crippen LogP contribution is 2.21. The van der Waals surface area contributed by atoms with Crippen LogP contribution < -0.4 is 15.4 Å². The Labute approximate surface area is 155 Å². The van der Waals surface area contributed by atoms with Crippen molar-refractivity contribution in [2.24, 2.45) is 0 Å². The quantitative estimate of drug-likeness (QED) is 0.772. The molecule has 0 bridgehead atoms. The Kier molecular flexibility index (Phi) is 6.44. The fourth-order valence-corrected chi connectivity index (χ4v) is 2.31. The van der Waals surface area contributed by atoms with Crippen LogP contribution >= 0.6 is 0 Å². The Morgan fingerprint density at radius 2 is 1.96 bits per heavy atom. The van der Waals surface area contributed by atoms with Crippen molar-refractivity contribution in [3.8, 4) is 5.75 Å². The van der Waals surface area contributed by atoms with Crippen LogP contribution in [0.25, 0.3) is 0 Å². The van der Waals surface area contributed by atoms with Crippen LogP contribution in [0.4, 0.5) is 14.6 Å². The molecular weight excluding hydrogens is 356 g/mol. The molecule has 27 heavy (non-hydrogen) atoms. The van der Waals surface area contributed by atoms with Crippen molar-refractivity contribution >= 4 is 17.6 Å². The maximum atomic E-state index is 12.9. The lowest BCUT2D eigenvalue weighted by Crippen LogP contribution is -2.24. The number of benzene rings is 1. The number of hydrogen-bond donors (Lipinski definition) is 2. The van der Waals surface area contributed by atoms with Crippen molar-refractivity contribution in [3.05, 3.63) is 53.2 Å². The lowest BCUT2D eigenvalue weighted by Gasteiger charge is -2.14. The molecule has 0 saturated heterocycles. The summed E-state index contributed by atoms with van der Waals surface area (Å²) in [5, 5.41) is 5.32. The van der Waals surface area contributed by atoms with Crippen LogP contribution in [0.3, 0.4) is 0 Å². The van der Waals surface area contributed by atoms with E-state index in [4.69, 9.17) is 0 Å². The van der Waals surface area contributed by atoms with Gasteiger partial charge in [-0.05, 0) is 36.8 Å². The predicted octanol–water partition coefficient (Wildman–Crippen LogP) is 3.66. The Balaban J connectivity index is 2.05. The second-order valence-corrected chi connectivity index (χ2v) is 6.02. The van der Waals surface area contributed by atoms with Crippen molar-refractivity contribution in [3.63, 3.8) is 0 Å². The Morgan fingerprint density at radius 1 is 1.22 bits per heavy atom. The molecule has 0 saturated carbocycles. The fourth-order valence-electron chi connectivity index (χ4n) is 2.31. The molecule has 0 fully saturated rings. The average Bonchev–Trinajstić information content (AvgIpc) is 2.57. The van der Waals surface area contributed by atoms with Gasteiger partial charge in [-0.1, -0.05) is 19.1 Å². The van der Waals surface area contributed by atoms with E-state index >= 15 is 0 Å². The van der Waals surface area contributed by atoms with Gasteiger partial charge in [0.1, 0.15) is 11.6 Å². The number of anilines is 1. The number of hydrogen-bond acceptors (Lipinski definition) is 4. The average molecular weight is 377 g/mol. The molecule has 144 valence electrons. The molecule has 2 rings (SSSR count). The molecule has 0 unspecified atom stereocenters. The first kappa shape index (κ1) is 20.3. The van der Waals surface area contributed by atoms with Gasteiger partial charge in [0.2, 0.25) is 5.91 Å². The summed E-state index contributed by atoms with van der Waals surface area (Å²) in [6, 6.07) is 9.17. The number of carbonyl (C=O) groups is 2. The Morgan fingerprint density at radius 3 is 2.63 bits per heavy atom. The zero-order valence-electron chi connectivity index (χ0n) is 15.3. The number of carbonyl (C=O) groups excluding carboxylic acids is 2. The number of rotatable bonds is 7. The second kappa shape index (κ2) is 8.57. The third kappa shape index (κ3) is 6.65. The fraction of sp³-hybridized carbons (Fsp3) is 0.316. The third-order valence-electron chi connectivity index (χ3n) is 3.45. The van der Waals surface area contributed by atoms with Gasteiger partial charge in [0, 0.05) is 31.1 Å². The normalized spacial score (nSPS) is 11.0. The molecule has 0 aliphatic rings. The van der Waals surface area contributed by atoms with Crippen LogP contribution in [0.5, 0.6) is 5.75 Å². The summed E-state index contributed by atoms with van der Waals surface area (Å²) in [5.74, 6) is -0.269. The standard InChI is InChI=1S/C19H21F2N3O3/c1-4-17(25)24-16-10-14(8-12(2)23-16)18(26)22-11-13-6-5-7-15(9-13)27-19(3,20)21/h5-10H,4,11H2,1-3H3,(H,22,26)(H,23,24,25). The summed E-state index contributed by atoms with van der Waals surface area (Å²) in [5.41, 5.74) is 1.52. The summed E-state index contributed by atoms with van der Waals surface area (Å²) in [6.07, 6.45) is -2.98. The van der Waals surface area contributed by atoms with E-state index in [1.165, 1.54) is 18.2 Å². The Bertz CT molecular complexity index is 835. The van der Waals surface area contributed by atoms with Crippen LogP contribution in [0.1, 0.15) is 41.9 Å². The lowest BCUT2D eigenvalue weighted by atomic mass is 10.2. The van der Waals surface area contributed by atoms with Gasteiger partial charge in [-0.15, -0.1) is 0 Å². The molecule has 2 aromatic rings. The molecule has 2 N–H and O–H groups in total. The highest BCUT2D eigenvalue weighted by atomic mass is 19.3. The highest BCUT2D eigenvalue weighted by Gasteiger charge is 2.23. The number of pyridine rings is 1. The van der Waals surface area contributed by atoms with Gasteiger partial charge in [-0.2, -0.15) is 8.78 Å². The smallest absolute Gasteiger partial charge is 0.394 e. The van der Waals surface area contributed by atoms with E-state index in [-0.39, 0.29) is 24.1 Å². The molecule has 1 aromatic heterocycles. The minimum atomic E-state index is -3.28. The van der Waals surface area contributed by atoms with Crippen molar-refractivity contribution in [1.82, 2.24) is 10.3 Å². The molecule has 0 atom stereocenters. The Hall–Kier alpha value is -3.03. The summed E-state index contributed by atoms with van der Waals surface area (Å²) in [6.45, 7) is 4.21. The maximum absolute atomic E-state index is 12.9. The molecule has 0 radical (unpaired) electrons. The zero-order valence-corrected chi connectivity index (χ0v) is 15.3. The van der Waals surface area contributed by atoms with Crippen LogP contribution in [0.2, 0.25) is 0 Å². The van der Waals surface area contributed by atoms with Gasteiger partial charge in [0.25, 0.3) is 5.91 Å². The van der Waals surface area contributed by atoms with E-state index in [9.17, 15) is 18.4 Å². The number of aromatic nitrogens is 1. The summed E-state index contributed by atoms with van der Waals surface area (Å²) >= 11 is 0. The van der Waals surface area contributed by atoms with E-state index < -0.39 is 6.11 Å². The molecule has 1 aromatic carbocycles. The van der Waals surface area contributed by atoms with Crippen molar-refractivity contribution in [2.75, 3.05) is 5.32 Å². The maximum Gasteiger partial charge on any atom is 0.394 e. The van der Waals surface area contributed by atoms with Crippen molar-refractivity contribution < 1.29 is 23.1 Å². The van der Waals surface area contributed by atoms with E-state index in [2.05, 4.69) is 20.4 Å². The van der Waals surface area contributed by atoms with Crippen molar-refractivity contribution in [2.45, 2.75) is 39.8 Å². The van der Waals surface area contributed by atoms with Crippen LogP contribution in [-0.4, -0.2) is 22.9 Å². The van der Waals surface area contributed by atoms with Gasteiger partial charge in [0.05, 0.1) is 0 Å². The molecule has 2 amide bonds. The monoisotopic (exact) mass is 377 g/mol. The first-order valence-corrected chi connectivity index (χ1v) is 8.39. The third-order valence-corrected chi connectivity index (χ3v) is 3.45. The highest BCUT2D eigenvalue weighted by molar-refractivity contribution is 5.96. The van der Waals surface area contributed by atoms with E-state index in [0.29, 0.717) is 36.0 Å². The lowest BCUT2D eigenvalue weighted by molar-refractivity contribution is -0.159. The van der Waals surface area contributed by atoms with Crippen LogP contribution in [0.15, 0.2) is 36.4 Å². The molecule has 1 heterocycles. The largest absolute Gasteiger partial charge is 0.433 e. The van der Waals surface area contributed by atoms with Gasteiger partial charge < -0.3 is 15.4 Å². The molecule has 6 nitrogen and oxygen atoms in total. The molecule has 0 spiro atoms.